The van der Waals surface area contributed by atoms with Crippen molar-refractivity contribution in [1.29, 1.82) is 0 Å². The van der Waals surface area contributed by atoms with E-state index in [1.807, 2.05) is 6.92 Å². The number of rotatable bonds is 6. The Bertz CT molecular complexity index is 715. The van der Waals surface area contributed by atoms with Crippen molar-refractivity contribution in [2.45, 2.75) is 32.0 Å². The lowest BCUT2D eigenvalue weighted by atomic mass is 10.00. The number of halogens is 5. The van der Waals surface area contributed by atoms with Gasteiger partial charge in [0.05, 0.1) is 16.7 Å². The number of phenols is 1. The van der Waals surface area contributed by atoms with Gasteiger partial charge in [0, 0.05) is 6.61 Å². The van der Waals surface area contributed by atoms with Crippen LogP contribution in [0.2, 0.25) is 10.0 Å². The lowest BCUT2D eigenvalue weighted by Gasteiger charge is -2.19. The van der Waals surface area contributed by atoms with Crippen LogP contribution in [0.4, 0.5) is 13.2 Å². The topological polar surface area (TPSA) is 29.5 Å². The second kappa shape index (κ2) is 8.30. The van der Waals surface area contributed by atoms with Gasteiger partial charge in [0.2, 0.25) is 0 Å². The molecule has 7 heteroatoms. The van der Waals surface area contributed by atoms with Crippen LogP contribution in [0.15, 0.2) is 36.4 Å². The van der Waals surface area contributed by atoms with Gasteiger partial charge >= 0.3 is 6.18 Å². The van der Waals surface area contributed by atoms with Crippen molar-refractivity contribution in [1.82, 2.24) is 0 Å². The fourth-order valence-corrected chi connectivity index (χ4v) is 2.93. The Labute approximate surface area is 154 Å². The molecule has 0 aliphatic rings. The smallest absolute Gasteiger partial charge is 0.416 e. The highest BCUT2D eigenvalue weighted by atomic mass is 35.5. The molecule has 0 amide bonds. The van der Waals surface area contributed by atoms with E-state index in [9.17, 15) is 18.3 Å². The number of ether oxygens (including phenoxy) is 1. The number of alkyl halides is 3. The number of aromatic hydroxyl groups is 1. The van der Waals surface area contributed by atoms with E-state index in [1.54, 1.807) is 6.07 Å². The average Bonchev–Trinajstić information content (AvgIpc) is 2.57. The lowest BCUT2D eigenvalue weighted by Crippen LogP contribution is -2.08. The van der Waals surface area contributed by atoms with Gasteiger partial charge in [-0.2, -0.15) is 13.2 Å². The van der Waals surface area contributed by atoms with Crippen LogP contribution >= 0.6 is 23.2 Å². The normalized spacial score (nSPS) is 13.0. The molecule has 1 unspecified atom stereocenters. The van der Waals surface area contributed by atoms with Crippen molar-refractivity contribution in [3.63, 3.8) is 0 Å². The molecule has 2 nitrogen and oxygen atoms in total. The molecule has 0 aliphatic heterocycles. The maximum atomic E-state index is 12.7. The summed E-state index contributed by atoms with van der Waals surface area (Å²) in [5.74, 6) is -0.0977. The Morgan fingerprint density at radius 3 is 2.24 bits per heavy atom. The first-order chi connectivity index (χ1) is 11.7. The Hall–Kier alpha value is -1.43. The standard InChI is InChI=1S/C18H17Cl2F3O2/c1-2-25-15(11-3-7-13(8-4-11)18(21,22)23)10-6-12-5-9-14(24)17(20)16(12)19/h3-5,7-9,15,24H,2,6,10H2,1H3. The minimum absolute atomic E-state index is 0.0849. The molecule has 0 saturated carbocycles. The van der Waals surface area contributed by atoms with E-state index in [2.05, 4.69) is 0 Å². The third-order valence-electron chi connectivity index (χ3n) is 3.80. The van der Waals surface area contributed by atoms with Gasteiger partial charge in [-0.1, -0.05) is 41.4 Å². The van der Waals surface area contributed by atoms with Gasteiger partial charge in [0.1, 0.15) is 10.8 Å². The molecular formula is C18H17Cl2F3O2. The van der Waals surface area contributed by atoms with E-state index in [-0.39, 0.29) is 21.9 Å². The maximum absolute atomic E-state index is 12.7. The molecule has 0 radical (unpaired) electrons. The predicted molar refractivity (Wildman–Crippen MR) is 92.3 cm³/mol. The molecule has 0 spiro atoms. The highest BCUT2D eigenvalue weighted by Crippen LogP contribution is 2.36. The predicted octanol–water partition coefficient (Wildman–Crippen LogP) is 6.43. The zero-order valence-corrected chi connectivity index (χ0v) is 14.9. The first-order valence-electron chi connectivity index (χ1n) is 7.68. The average molecular weight is 393 g/mol. The summed E-state index contributed by atoms with van der Waals surface area (Å²) in [6.45, 7) is 2.25. The summed E-state index contributed by atoms with van der Waals surface area (Å²) < 4.78 is 43.7. The summed E-state index contributed by atoms with van der Waals surface area (Å²) in [7, 11) is 0. The maximum Gasteiger partial charge on any atom is 0.416 e. The minimum atomic E-state index is -4.37. The third kappa shape index (κ3) is 5.03. The van der Waals surface area contributed by atoms with Gasteiger partial charge in [-0.25, -0.2) is 0 Å². The molecule has 1 N–H and O–H groups in total. The molecular weight excluding hydrogens is 376 g/mol. The quantitative estimate of drug-likeness (QED) is 0.613. The highest BCUT2D eigenvalue weighted by Gasteiger charge is 2.30. The van der Waals surface area contributed by atoms with Gasteiger partial charge in [-0.05, 0) is 49.1 Å². The largest absolute Gasteiger partial charge is 0.506 e. The highest BCUT2D eigenvalue weighted by molar-refractivity contribution is 6.43. The van der Waals surface area contributed by atoms with Crippen LogP contribution in [-0.2, 0) is 17.3 Å². The molecule has 1 atom stereocenters. The fraction of sp³-hybridized carbons (Fsp3) is 0.333. The van der Waals surface area contributed by atoms with Crippen molar-refractivity contribution in [2.24, 2.45) is 0 Å². The zero-order chi connectivity index (χ0) is 18.6. The molecule has 2 rings (SSSR count). The van der Waals surface area contributed by atoms with Crippen LogP contribution in [-0.4, -0.2) is 11.7 Å². The lowest BCUT2D eigenvalue weighted by molar-refractivity contribution is -0.137. The summed E-state index contributed by atoms with van der Waals surface area (Å²) in [6.07, 6.45) is -3.71. The van der Waals surface area contributed by atoms with Crippen molar-refractivity contribution in [3.8, 4) is 5.75 Å². The molecule has 25 heavy (non-hydrogen) atoms. The van der Waals surface area contributed by atoms with Crippen LogP contribution in [0, 0.1) is 0 Å². The van der Waals surface area contributed by atoms with E-state index < -0.39 is 11.7 Å². The fourth-order valence-electron chi connectivity index (χ4n) is 2.49. The SMILES string of the molecule is CCOC(CCc1ccc(O)c(Cl)c1Cl)c1ccc(C(F)(F)F)cc1. The van der Waals surface area contributed by atoms with Crippen LogP contribution in [0.25, 0.3) is 0 Å². The molecule has 2 aromatic rings. The van der Waals surface area contributed by atoms with Crippen molar-refractivity contribution >= 4 is 23.2 Å². The molecule has 0 aliphatic carbocycles. The summed E-state index contributed by atoms with van der Waals surface area (Å²) in [5, 5.41) is 9.88. The number of hydrogen-bond acceptors (Lipinski definition) is 2. The first-order valence-corrected chi connectivity index (χ1v) is 8.44. The van der Waals surface area contributed by atoms with E-state index in [0.29, 0.717) is 25.0 Å². The Balaban J connectivity index is 2.15. The summed E-state index contributed by atoms with van der Waals surface area (Å²) in [5.41, 5.74) is 0.705. The zero-order valence-electron chi connectivity index (χ0n) is 13.4. The number of benzene rings is 2. The van der Waals surface area contributed by atoms with Crippen LogP contribution < -0.4 is 0 Å². The van der Waals surface area contributed by atoms with Crippen molar-refractivity contribution in [2.75, 3.05) is 6.61 Å². The van der Waals surface area contributed by atoms with Crippen LogP contribution in [0.3, 0.4) is 0 Å². The summed E-state index contributed by atoms with van der Waals surface area (Å²) in [4.78, 5) is 0. The first kappa shape index (κ1) is 19.9. The molecule has 0 heterocycles. The molecule has 0 aromatic heterocycles. The molecule has 0 saturated heterocycles. The Morgan fingerprint density at radius 1 is 1.04 bits per heavy atom. The van der Waals surface area contributed by atoms with E-state index >= 15 is 0 Å². The van der Waals surface area contributed by atoms with Crippen LogP contribution in [0.1, 0.15) is 36.1 Å². The third-order valence-corrected chi connectivity index (χ3v) is 4.71. The Kier molecular flexibility index (Phi) is 6.60. The second-order valence-corrected chi connectivity index (χ2v) is 6.23. The summed E-state index contributed by atoms with van der Waals surface area (Å²) in [6, 6.07) is 8.07. The van der Waals surface area contributed by atoms with Gasteiger partial charge in [-0.3, -0.25) is 0 Å². The van der Waals surface area contributed by atoms with Crippen molar-refractivity contribution in [3.05, 3.63) is 63.1 Å². The molecule has 0 bridgehead atoms. The van der Waals surface area contributed by atoms with Crippen molar-refractivity contribution < 1.29 is 23.0 Å². The van der Waals surface area contributed by atoms with Gasteiger partial charge in [-0.15, -0.1) is 0 Å². The van der Waals surface area contributed by atoms with Gasteiger partial charge < -0.3 is 9.84 Å². The number of phenolic OH excluding ortho intramolecular Hbond substituents is 1. The second-order valence-electron chi connectivity index (χ2n) is 5.47. The molecule has 2 aromatic carbocycles. The van der Waals surface area contributed by atoms with E-state index in [1.165, 1.54) is 18.2 Å². The molecule has 0 fully saturated rings. The van der Waals surface area contributed by atoms with E-state index in [4.69, 9.17) is 27.9 Å². The molecule has 136 valence electrons. The number of hydrogen-bond donors (Lipinski definition) is 1. The van der Waals surface area contributed by atoms with Gasteiger partial charge in [0.15, 0.2) is 0 Å². The monoisotopic (exact) mass is 392 g/mol. The number of aryl methyl sites for hydroxylation is 1. The minimum Gasteiger partial charge on any atom is -0.506 e. The Morgan fingerprint density at radius 2 is 1.68 bits per heavy atom. The van der Waals surface area contributed by atoms with Crippen LogP contribution in [0.5, 0.6) is 5.75 Å². The van der Waals surface area contributed by atoms with E-state index in [0.717, 1.165) is 17.7 Å². The van der Waals surface area contributed by atoms with Gasteiger partial charge in [0.25, 0.3) is 0 Å². The summed E-state index contributed by atoms with van der Waals surface area (Å²) >= 11 is 12.0.